The lowest BCUT2D eigenvalue weighted by Gasteiger charge is -2.12. The predicted molar refractivity (Wildman–Crippen MR) is 85.2 cm³/mol. The standard InChI is InChI=1S/C14H18N2O4S2/c1-3-5-15-13(17)10(2)22(18,19)9-12-8-21-14(16-12)11-4-6-20-7-11/h4,6-8,10H,3,5,9H2,1-2H3,(H,15,17)/t10-/m0/s1. The summed E-state index contributed by atoms with van der Waals surface area (Å²) in [5.41, 5.74) is 1.25. The molecule has 0 saturated heterocycles. The van der Waals surface area contributed by atoms with Crippen molar-refractivity contribution in [2.75, 3.05) is 6.54 Å². The highest BCUT2D eigenvalue weighted by Crippen LogP contribution is 2.25. The molecule has 0 aliphatic rings. The molecule has 0 aromatic carbocycles. The molecule has 0 fully saturated rings. The summed E-state index contributed by atoms with van der Waals surface area (Å²) < 4.78 is 29.6. The van der Waals surface area contributed by atoms with E-state index in [2.05, 4.69) is 10.3 Å². The fourth-order valence-corrected chi connectivity index (χ4v) is 3.91. The number of amides is 1. The monoisotopic (exact) mass is 342 g/mol. The van der Waals surface area contributed by atoms with Crippen molar-refractivity contribution in [3.8, 4) is 10.6 Å². The normalized spacial score (nSPS) is 13.0. The van der Waals surface area contributed by atoms with Crippen LogP contribution in [0.4, 0.5) is 0 Å². The fraction of sp³-hybridized carbons (Fsp3) is 0.429. The molecule has 2 rings (SSSR count). The van der Waals surface area contributed by atoms with Gasteiger partial charge >= 0.3 is 0 Å². The number of carbonyl (C=O) groups excluding carboxylic acids is 1. The molecule has 1 N–H and O–H groups in total. The van der Waals surface area contributed by atoms with Crippen LogP contribution in [-0.4, -0.2) is 31.1 Å². The molecular weight excluding hydrogens is 324 g/mol. The molecule has 1 amide bonds. The van der Waals surface area contributed by atoms with Crippen molar-refractivity contribution in [1.29, 1.82) is 0 Å². The van der Waals surface area contributed by atoms with E-state index in [1.54, 1.807) is 17.7 Å². The van der Waals surface area contributed by atoms with E-state index in [1.165, 1.54) is 24.5 Å². The summed E-state index contributed by atoms with van der Waals surface area (Å²) in [6.45, 7) is 3.79. The minimum atomic E-state index is -3.59. The van der Waals surface area contributed by atoms with E-state index in [4.69, 9.17) is 4.42 Å². The lowest BCUT2D eigenvalue weighted by Crippen LogP contribution is -2.38. The summed E-state index contributed by atoms with van der Waals surface area (Å²) >= 11 is 1.35. The van der Waals surface area contributed by atoms with E-state index in [0.717, 1.165) is 12.0 Å². The van der Waals surface area contributed by atoms with Gasteiger partial charge in [0.2, 0.25) is 5.91 Å². The molecule has 1 atom stereocenters. The SMILES string of the molecule is CCCNC(=O)[C@H](C)S(=O)(=O)Cc1csc(-c2ccoc2)n1. The van der Waals surface area contributed by atoms with Gasteiger partial charge in [-0.3, -0.25) is 4.79 Å². The zero-order chi connectivity index (χ0) is 16.2. The second-order valence-electron chi connectivity index (χ2n) is 4.90. The molecule has 8 heteroatoms. The maximum absolute atomic E-state index is 12.3. The van der Waals surface area contributed by atoms with Crippen molar-refractivity contribution >= 4 is 27.1 Å². The Morgan fingerprint density at radius 3 is 2.91 bits per heavy atom. The zero-order valence-corrected chi connectivity index (χ0v) is 14.0. The molecule has 0 bridgehead atoms. The summed E-state index contributed by atoms with van der Waals surface area (Å²) in [6.07, 6.45) is 3.85. The van der Waals surface area contributed by atoms with Gasteiger partial charge in [-0.05, 0) is 19.4 Å². The first kappa shape index (κ1) is 16.7. The minimum Gasteiger partial charge on any atom is -0.472 e. The molecule has 2 aromatic rings. The van der Waals surface area contributed by atoms with Gasteiger partial charge in [-0.15, -0.1) is 11.3 Å². The Hall–Kier alpha value is -1.67. The van der Waals surface area contributed by atoms with Crippen LogP contribution in [0.3, 0.4) is 0 Å². The minimum absolute atomic E-state index is 0.248. The number of aromatic nitrogens is 1. The molecule has 120 valence electrons. The van der Waals surface area contributed by atoms with Gasteiger partial charge in [0.15, 0.2) is 9.84 Å². The van der Waals surface area contributed by atoms with E-state index in [9.17, 15) is 13.2 Å². The molecule has 0 aliphatic carbocycles. The summed E-state index contributed by atoms with van der Waals surface area (Å²) in [5.74, 6) is -0.714. The van der Waals surface area contributed by atoms with Gasteiger partial charge in [-0.1, -0.05) is 6.92 Å². The van der Waals surface area contributed by atoms with Crippen molar-refractivity contribution in [1.82, 2.24) is 10.3 Å². The number of furan rings is 1. The third-order valence-electron chi connectivity index (χ3n) is 3.13. The van der Waals surface area contributed by atoms with Crippen LogP contribution in [0.5, 0.6) is 0 Å². The van der Waals surface area contributed by atoms with Crippen LogP contribution in [0.2, 0.25) is 0 Å². The van der Waals surface area contributed by atoms with E-state index in [-0.39, 0.29) is 5.75 Å². The highest BCUT2D eigenvalue weighted by molar-refractivity contribution is 7.92. The molecule has 0 spiro atoms. The largest absolute Gasteiger partial charge is 0.472 e. The van der Waals surface area contributed by atoms with Crippen LogP contribution in [0.15, 0.2) is 28.4 Å². The number of sulfone groups is 1. The first-order chi connectivity index (χ1) is 10.4. The maximum atomic E-state index is 12.3. The van der Waals surface area contributed by atoms with Crippen LogP contribution < -0.4 is 5.32 Å². The molecule has 0 unspecified atom stereocenters. The topological polar surface area (TPSA) is 89.3 Å². The molecule has 0 aliphatic heterocycles. The van der Waals surface area contributed by atoms with E-state index >= 15 is 0 Å². The molecule has 2 aromatic heterocycles. The Morgan fingerprint density at radius 2 is 2.27 bits per heavy atom. The van der Waals surface area contributed by atoms with Crippen molar-refractivity contribution in [3.63, 3.8) is 0 Å². The number of hydrogen-bond donors (Lipinski definition) is 1. The lowest BCUT2D eigenvalue weighted by atomic mass is 10.4. The Morgan fingerprint density at radius 1 is 1.50 bits per heavy atom. The fourth-order valence-electron chi connectivity index (χ4n) is 1.78. The van der Waals surface area contributed by atoms with Gasteiger partial charge in [-0.25, -0.2) is 13.4 Å². The third kappa shape index (κ3) is 3.95. The Labute approximate surface area is 133 Å². The average molecular weight is 342 g/mol. The van der Waals surface area contributed by atoms with Crippen LogP contribution >= 0.6 is 11.3 Å². The second-order valence-corrected chi connectivity index (χ2v) is 8.08. The highest BCUT2D eigenvalue weighted by Gasteiger charge is 2.28. The molecule has 0 radical (unpaired) electrons. The number of rotatable bonds is 7. The molecular formula is C14H18N2O4S2. The first-order valence-electron chi connectivity index (χ1n) is 6.90. The summed E-state index contributed by atoms with van der Waals surface area (Å²) in [6, 6.07) is 1.76. The average Bonchev–Trinajstić information content (AvgIpc) is 3.14. The van der Waals surface area contributed by atoms with Crippen molar-refractivity contribution < 1.29 is 17.6 Å². The Bertz CT molecular complexity index is 720. The number of carbonyl (C=O) groups is 1. The maximum Gasteiger partial charge on any atom is 0.238 e. The lowest BCUT2D eigenvalue weighted by molar-refractivity contribution is -0.120. The number of nitrogens with zero attached hydrogens (tertiary/aromatic N) is 1. The van der Waals surface area contributed by atoms with Gasteiger partial charge in [0.1, 0.15) is 16.5 Å². The molecule has 0 saturated carbocycles. The smallest absolute Gasteiger partial charge is 0.238 e. The van der Waals surface area contributed by atoms with Crippen LogP contribution in [-0.2, 0) is 20.4 Å². The zero-order valence-electron chi connectivity index (χ0n) is 12.4. The summed E-state index contributed by atoms with van der Waals surface area (Å²) in [5, 5.41) is 3.91. The summed E-state index contributed by atoms with van der Waals surface area (Å²) in [4.78, 5) is 16.1. The number of hydrogen-bond acceptors (Lipinski definition) is 6. The third-order valence-corrected chi connectivity index (χ3v) is 6.06. The van der Waals surface area contributed by atoms with Crippen LogP contribution in [0.1, 0.15) is 26.0 Å². The van der Waals surface area contributed by atoms with Crippen molar-refractivity contribution in [3.05, 3.63) is 29.7 Å². The Balaban J connectivity index is 2.07. The van der Waals surface area contributed by atoms with E-state index < -0.39 is 21.0 Å². The highest BCUT2D eigenvalue weighted by atomic mass is 32.2. The van der Waals surface area contributed by atoms with E-state index in [0.29, 0.717) is 17.2 Å². The molecule has 2 heterocycles. The quantitative estimate of drug-likeness (QED) is 0.833. The van der Waals surface area contributed by atoms with Crippen LogP contribution in [0.25, 0.3) is 10.6 Å². The molecule has 6 nitrogen and oxygen atoms in total. The second kappa shape index (κ2) is 7.06. The van der Waals surface area contributed by atoms with Gasteiger partial charge in [0.25, 0.3) is 0 Å². The first-order valence-corrected chi connectivity index (χ1v) is 9.49. The van der Waals surface area contributed by atoms with Gasteiger partial charge in [0, 0.05) is 17.5 Å². The number of thiazole rings is 1. The van der Waals surface area contributed by atoms with Gasteiger partial charge in [0.05, 0.1) is 17.7 Å². The summed E-state index contributed by atoms with van der Waals surface area (Å²) in [7, 11) is -3.59. The Kier molecular flexibility index (Phi) is 5.36. The predicted octanol–water partition coefficient (Wildman–Crippen LogP) is 2.23. The van der Waals surface area contributed by atoms with Crippen LogP contribution in [0, 0.1) is 0 Å². The van der Waals surface area contributed by atoms with Crippen molar-refractivity contribution in [2.45, 2.75) is 31.3 Å². The molecule has 22 heavy (non-hydrogen) atoms. The van der Waals surface area contributed by atoms with Crippen molar-refractivity contribution in [2.24, 2.45) is 0 Å². The van der Waals surface area contributed by atoms with E-state index in [1.807, 2.05) is 6.92 Å². The number of nitrogens with one attached hydrogen (secondary N) is 1. The van der Waals surface area contributed by atoms with Gasteiger partial charge < -0.3 is 9.73 Å². The van der Waals surface area contributed by atoms with Gasteiger partial charge in [-0.2, -0.15) is 0 Å².